The van der Waals surface area contributed by atoms with Crippen LogP contribution in [0.15, 0.2) is 59.8 Å². The Kier molecular flexibility index (Phi) is 3.62. The van der Waals surface area contributed by atoms with Gasteiger partial charge in [-0.15, -0.1) is 0 Å². The molecule has 4 rings (SSSR count). The lowest BCUT2D eigenvalue weighted by molar-refractivity contribution is 0.0696. The molecule has 0 radical (unpaired) electrons. The number of carboxylic acids is 1. The van der Waals surface area contributed by atoms with E-state index in [0.29, 0.717) is 28.0 Å². The van der Waals surface area contributed by atoms with Crippen LogP contribution in [-0.2, 0) is 0 Å². The van der Waals surface area contributed by atoms with Crippen LogP contribution in [0.25, 0.3) is 28.0 Å². The highest BCUT2D eigenvalue weighted by atomic mass is 16.4. The molecule has 0 aliphatic rings. The summed E-state index contributed by atoms with van der Waals surface area (Å²) < 4.78 is 1.38. The van der Waals surface area contributed by atoms with Crippen molar-refractivity contribution in [2.45, 2.75) is 6.92 Å². The molecule has 0 saturated heterocycles. The number of nitrogens with zero attached hydrogens (tertiary/aromatic N) is 3. The van der Waals surface area contributed by atoms with E-state index in [1.165, 1.54) is 17.1 Å². The summed E-state index contributed by atoms with van der Waals surface area (Å²) >= 11 is 0. The Balaban J connectivity index is 2.07. The van der Waals surface area contributed by atoms with Gasteiger partial charge in [0.1, 0.15) is 11.8 Å². The second kappa shape index (κ2) is 5.96. The average Bonchev–Trinajstić information content (AvgIpc) is 2.98. The fourth-order valence-electron chi connectivity index (χ4n) is 3.03. The first-order valence-corrected chi connectivity index (χ1v) is 7.90. The molecule has 0 bridgehead atoms. The van der Waals surface area contributed by atoms with Gasteiger partial charge in [0.25, 0.3) is 0 Å². The molecule has 0 fully saturated rings. The van der Waals surface area contributed by atoms with E-state index in [-0.39, 0.29) is 5.56 Å². The van der Waals surface area contributed by atoms with Crippen LogP contribution in [0, 0.1) is 6.92 Å². The Bertz CT molecular complexity index is 1190. The number of rotatable bonds is 3. The normalized spacial score (nSPS) is 11.0. The minimum atomic E-state index is -1.05. The van der Waals surface area contributed by atoms with Gasteiger partial charge in [-0.1, -0.05) is 30.3 Å². The average molecular weight is 346 g/mol. The van der Waals surface area contributed by atoms with Gasteiger partial charge in [-0.3, -0.25) is 0 Å². The molecule has 0 aliphatic heterocycles. The summed E-state index contributed by atoms with van der Waals surface area (Å²) in [5.41, 5.74) is 3.14. The van der Waals surface area contributed by atoms with Gasteiger partial charge in [0.2, 0.25) is 0 Å². The molecule has 0 amide bonds. The van der Waals surface area contributed by atoms with Crippen molar-refractivity contribution in [2.24, 2.45) is 0 Å². The molecule has 2 aromatic heterocycles. The molecule has 2 aromatic carbocycles. The van der Waals surface area contributed by atoms with Crippen LogP contribution in [0.3, 0.4) is 0 Å². The highest BCUT2D eigenvalue weighted by Gasteiger charge is 2.18. The standard InChI is InChI=1S/C19H14N4O3/c1-11-14(18(24)25)7-13(12-5-3-2-4-6-12)8-16(11)23-17-15(22-19(23)26)9-20-10-21-17/h2-10H,1H3,(H,22,26)(H,24,25). The number of hydrogen-bond acceptors (Lipinski definition) is 4. The summed E-state index contributed by atoms with van der Waals surface area (Å²) in [6.45, 7) is 1.68. The predicted molar refractivity (Wildman–Crippen MR) is 96.6 cm³/mol. The topological polar surface area (TPSA) is 101 Å². The van der Waals surface area contributed by atoms with Gasteiger partial charge >= 0.3 is 11.7 Å². The van der Waals surface area contributed by atoms with Gasteiger partial charge in [-0.2, -0.15) is 0 Å². The first kappa shape index (κ1) is 15.8. The lowest BCUT2D eigenvalue weighted by atomic mass is 9.98. The fraction of sp³-hybridized carbons (Fsp3) is 0.0526. The van der Waals surface area contributed by atoms with E-state index in [9.17, 15) is 14.7 Å². The van der Waals surface area contributed by atoms with Crippen molar-refractivity contribution in [3.05, 3.63) is 76.6 Å². The molecule has 0 aliphatic carbocycles. The van der Waals surface area contributed by atoms with Gasteiger partial charge < -0.3 is 10.1 Å². The summed E-state index contributed by atoms with van der Waals surface area (Å²) in [6, 6.07) is 12.8. The Morgan fingerprint density at radius 3 is 2.65 bits per heavy atom. The number of hydrogen-bond donors (Lipinski definition) is 2. The number of H-pyrrole nitrogens is 1. The first-order valence-electron chi connectivity index (χ1n) is 7.90. The Morgan fingerprint density at radius 1 is 1.15 bits per heavy atom. The van der Waals surface area contributed by atoms with Crippen molar-refractivity contribution < 1.29 is 9.90 Å². The molecule has 0 saturated carbocycles. The van der Waals surface area contributed by atoms with Crippen LogP contribution in [0.1, 0.15) is 15.9 Å². The van der Waals surface area contributed by atoms with E-state index in [0.717, 1.165) is 5.56 Å². The Morgan fingerprint density at radius 2 is 1.92 bits per heavy atom. The van der Waals surface area contributed by atoms with E-state index >= 15 is 0 Å². The van der Waals surface area contributed by atoms with E-state index in [1.807, 2.05) is 30.3 Å². The molecule has 2 heterocycles. The maximum atomic E-state index is 12.5. The van der Waals surface area contributed by atoms with Crippen LogP contribution in [0.2, 0.25) is 0 Å². The molecule has 0 atom stereocenters. The molecular formula is C19H14N4O3. The maximum absolute atomic E-state index is 12.5. The number of aromatic nitrogens is 4. The third-order valence-electron chi connectivity index (χ3n) is 4.31. The number of fused-ring (bicyclic) bond motifs is 1. The monoisotopic (exact) mass is 346 g/mol. The van der Waals surface area contributed by atoms with Crippen LogP contribution in [0.4, 0.5) is 0 Å². The number of carbonyl (C=O) groups is 1. The van der Waals surface area contributed by atoms with Crippen LogP contribution in [0.5, 0.6) is 0 Å². The van der Waals surface area contributed by atoms with E-state index in [1.54, 1.807) is 19.1 Å². The second-order valence-electron chi connectivity index (χ2n) is 5.86. The minimum Gasteiger partial charge on any atom is -0.478 e. The van der Waals surface area contributed by atoms with Crippen LogP contribution in [-0.4, -0.2) is 30.6 Å². The largest absolute Gasteiger partial charge is 0.478 e. The number of aromatic carboxylic acids is 1. The molecule has 128 valence electrons. The van der Waals surface area contributed by atoms with Crippen molar-refractivity contribution in [3.63, 3.8) is 0 Å². The third kappa shape index (κ3) is 2.46. The Hall–Kier alpha value is -3.74. The molecule has 26 heavy (non-hydrogen) atoms. The summed E-state index contributed by atoms with van der Waals surface area (Å²) in [5.74, 6) is -1.05. The summed E-state index contributed by atoms with van der Waals surface area (Å²) in [4.78, 5) is 35.0. The quantitative estimate of drug-likeness (QED) is 0.594. The number of aromatic amines is 1. The van der Waals surface area contributed by atoms with Crippen molar-refractivity contribution in [2.75, 3.05) is 0 Å². The molecule has 4 aromatic rings. The van der Waals surface area contributed by atoms with Crippen molar-refractivity contribution in [1.82, 2.24) is 19.5 Å². The third-order valence-corrected chi connectivity index (χ3v) is 4.31. The number of benzene rings is 2. The first-order chi connectivity index (χ1) is 12.6. The zero-order chi connectivity index (χ0) is 18.3. The van der Waals surface area contributed by atoms with E-state index in [4.69, 9.17) is 0 Å². The van der Waals surface area contributed by atoms with Crippen molar-refractivity contribution in [3.8, 4) is 16.8 Å². The van der Waals surface area contributed by atoms with Gasteiger partial charge in [0, 0.05) is 0 Å². The molecule has 0 unspecified atom stereocenters. The number of carboxylic acid groups (broad SMARTS) is 1. The van der Waals surface area contributed by atoms with Crippen molar-refractivity contribution in [1.29, 1.82) is 0 Å². The van der Waals surface area contributed by atoms with Gasteiger partial charge in [-0.05, 0) is 35.7 Å². The summed E-state index contributed by atoms with van der Waals surface area (Å²) in [5, 5.41) is 9.62. The lowest BCUT2D eigenvalue weighted by Gasteiger charge is -2.13. The molecule has 7 nitrogen and oxygen atoms in total. The minimum absolute atomic E-state index is 0.136. The van der Waals surface area contributed by atoms with Gasteiger partial charge in [-0.25, -0.2) is 24.1 Å². The maximum Gasteiger partial charge on any atom is 0.336 e. The zero-order valence-corrected chi connectivity index (χ0v) is 13.8. The number of nitrogens with one attached hydrogen (secondary N) is 1. The SMILES string of the molecule is Cc1c(C(=O)O)cc(-c2ccccc2)cc1-n1c(=O)[nH]c2cncnc21. The highest BCUT2D eigenvalue weighted by Crippen LogP contribution is 2.28. The zero-order valence-electron chi connectivity index (χ0n) is 13.8. The molecular weight excluding hydrogens is 332 g/mol. The van der Waals surface area contributed by atoms with Gasteiger partial charge in [0.15, 0.2) is 5.65 Å². The number of imidazole rings is 1. The molecule has 0 spiro atoms. The summed E-state index contributed by atoms with van der Waals surface area (Å²) in [7, 11) is 0. The van der Waals surface area contributed by atoms with Crippen LogP contribution >= 0.6 is 0 Å². The molecule has 2 N–H and O–H groups in total. The molecule has 7 heteroatoms. The predicted octanol–water partition coefficient (Wildman–Crippen LogP) is 2.78. The fourth-order valence-corrected chi connectivity index (χ4v) is 3.03. The van der Waals surface area contributed by atoms with Crippen molar-refractivity contribution >= 4 is 17.1 Å². The lowest BCUT2D eigenvalue weighted by Crippen LogP contribution is -2.17. The van der Waals surface area contributed by atoms with Gasteiger partial charge in [0.05, 0.1) is 17.4 Å². The smallest absolute Gasteiger partial charge is 0.336 e. The van der Waals surface area contributed by atoms with E-state index < -0.39 is 11.7 Å². The summed E-state index contributed by atoms with van der Waals surface area (Å²) in [6.07, 6.45) is 2.86. The highest BCUT2D eigenvalue weighted by molar-refractivity contribution is 5.93. The Labute approximate surface area is 147 Å². The van der Waals surface area contributed by atoms with Crippen LogP contribution < -0.4 is 5.69 Å². The second-order valence-corrected chi connectivity index (χ2v) is 5.86. The van der Waals surface area contributed by atoms with E-state index in [2.05, 4.69) is 15.0 Å².